The monoisotopic (exact) mass is 256 g/mol. The van der Waals surface area contributed by atoms with Crippen LogP contribution in [-0.4, -0.2) is 11.6 Å². The summed E-state index contributed by atoms with van der Waals surface area (Å²) in [5.74, 6) is -0.416. The van der Waals surface area contributed by atoms with Crippen molar-refractivity contribution < 1.29 is 18.0 Å². The van der Waals surface area contributed by atoms with Crippen LogP contribution in [0.5, 0.6) is 0 Å². The van der Waals surface area contributed by atoms with Gasteiger partial charge in [-0.15, -0.1) is 0 Å². The second kappa shape index (κ2) is 4.44. The number of hydrogen-bond donors (Lipinski definition) is 1. The van der Waals surface area contributed by atoms with Crippen LogP contribution in [0, 0.1) is 5.92 Å². The van der Waals surface area contributed by atoms with Gasteiger partial charge in [-0.25, -0.2) is 5.43 Å². The van der Waals surface area contributed by atoms with E-state index in [1.54, 1.807) is 13.0 Å². The Morgan fingerprint density at radius 3 is 2.72 bits per heavy atom. The number of carbonyl (C=O) groups excluding carboxylic acids is 1. The van der Waals surface area contributed by atoms with Gasteiger partial charge in [0.05, 0.1) is 11.3 Å². The summed E-state index contributed by atoms with van der Waals surface area (Å²) in [6, 6.07) is 4.95. The van der Waals surface area contributed by atoms with Gasteiger partial charge in [-0.1, -0.05) is 19.1 Å². The van der Waals surface area contributed by atoms with Crippen LogP contribution in [0.3, 0.4) is 0 Å². The Labute approximate surface area is 102 Å². The lowest BCUT2D eigenvalue weighted by Gasteiger charge is -2.19. The third-order valence-corrected chi connectivity index (χ3v) is 2.75. The lowest BCUT2D eigenvalue weighted by atomic mass is 9.93. The second-order valence-electron chi connectivity index (χ2n) is 4.22. The van der Waals surface area contributed by atoms with Crippen molar-refractivity contribution in [2.75, 3.05) is 0 Å². The molecule has 0 radical (unpaired) electrons. The minimum absolute atomic E-state index is 0.192. The van der Waals surface area contributed by atoms with Crippen molar-refractivity contribution in [2.45, 2.75) is 19.5 Å². The van der Waals surface area contributed by atoms with E-state index in [0.29, 0.717) is 11.3 Å². The van der Waals surface area contributed by atoms with Gasteiger partial charge < -0.3 is 0 Å². The lowest BCUT2D eigenvalue weighted by Crippen LogP contribution is -2.32. The standard InChI is InChI=1S/C12H11F3N2O/c1-7-5-10(18)16-17-11(7)8-3-2-4-9(6-8)12(13,14)15/h2-4,6-7H,5H2,1H3,(H,16,18). The van der Waals surface area contributed by atoms with E-state index in [1.807, 2.05) is 0 Å². The average Bonchev–Trinajstić information content (AvgIpc) is 2.28. The molecule has 6 heteroatoms. The Morgan fingerprint density at radius 1 is 1.39 bits per heavy atom. The van der Waals surface area contributed by atoms with Gasteiger partial charge in [0.25, 0.3) is 0 Å². The van der Waals surface area contributed by atoms with E-state index in [4.69, 9.17) is 0 Å². The molecule has 0 bridgehead atoms. The predicted molar refractivity (Wildman–Crippen MR) is 59.9 cm³/mol. The normalized spacial score (nSPS) is 20.3. The number of amides is 1. The van der Waals surface area contributed by atoms with Gasteiger partial charge in [0.2, 0.25) is 5.91 Å². The predicted octanol–water partition coefficient (Wildman–Crippen LogP) is 2.57. The Morgan fingerprint density at radius 2 is 2.11 bits per heavy atom. The van der Waals surface area contributed by atoms with Gasteiger partial charge >= 0.3 is 6.18 Å². The number of hydrazone groups is 1. The van der Waals surface area contributed by atoms with Crippen LogP contribution in [0.15, 0.2) is 29.4 Å². The molecule has 1 aromatic rings. The topological polar surface area (TPSA) is 41.5 Å². The molecule has 1 aromatic carbocycles. The lowest BCUT2D eigenvalue weighted by molar-refractivity contribution is -0.137. The van der Waals surface area contributed by atoms with Gasteiger partial charge in [0.1, 0.15) is 0 Å². The van der Waals surface area contributed by atoms with E-state index >= 15 is 0 Å². The third kappa shape index (κ3) is 2.52. The SMILES string of the molecule is CC1CC(=O)NN=C1c1cccc(C(F)(F)F)c1. The average molecular weight is 256 g/mol. The molecule has 18 heavy (non-hydrogen) atoms. The fourth-order valence-electron chi connectivity index (χ4n) is 1.86. The molecule has 0 fully saturated rings. The number of benzene rings is 1. The Balaban J connectivity index is 2.37. The summed E-state index contributed by atoms with van der Waals surface area (Å²) in [6.45, 7) is 1.76. The van der Waals surface area contributed by atoms with E-state index in [9.17, 15) is 18.0 Å². The largest absolute Gasteiger partial charge is 0.416 e. The molecule has 1 unspecified atom stereocenters. The number of hydrogen-bond acceptors (Lipinski definition) is 2. The second-order valence-corrected chi connectivity index (χ2v) is 4.22. The van der Waals surface area contributed by atoms with Gasteiger partial charge in [-0.3, -0.25) is 4.79 Å². The summed E-state index contributed by atoms with van der Waals surface area (Å²) in [5.41, 5.74) is 2.43. The van der Waals surface area contributed by atoms with E-state index in [0.717, 1.165) is 12.1 Å². The van der Waals surface area contributed by atoms with Crippen LogP contribution in [-0.2, 0) is 11.0 Å². The molecule has 1 amide bonds. The summed E-state index contributed by atoms with van der Waals surface area (Å²) < 4.78 is 37.8. The highest BCUT2D eigenvalue weighted by Gasteiger charge is 2.31. The fraction of sp³-hybridized carbons (Fsp3) is 0.333. The first-order valence-electron chi connectivity index (χ1n) is 5.42. The summed E-state index contributed by atoms with van der Waals surface area (Å²) in [5, 5.41) is 3.83. The van der Waals surface area contributed by atoms with Crippen LogP contribution in [0.1, 0.15) is 24.5 Å². The highest BCUT2D eigenvalue weighted by atomic mass is 19.4. The van der Waals surface area contributed by atoms with Crippen molar-refractivity contribution in [2.24, 2.45) is 11.0 Å². The Kier molecular flexibility index (Phi) is 3.11. The zero-order valence-corrected chi connectivity index (χ0v) is 9.58. The van der Waals surface area contributed by atoms with E-state index in [1.165, 1.54) is 6.07 Å². The molecular weight excluding hydrogens is 245 g/mol. The van der Waals surface area contributed by atoms with Gasteiger partial charge in [-0.05, 0) is 17.7 Å². The van der Waals surface area contributed by atoms with Crippen LogP contribution in [0.4, 0.5) is 13.2 Å². The van der Waals surface area contributed by atoms with Gasteiger partial charge in [0.15, 0.2) is 0 Å². The van der Waals surface area contributed by atoms with Crippen molar-refractivity contribution in [1.29, 1.82) is 0 Å². The van der Waals surface area contributed by atoms with Gasteiger partial charge in [0, 0.05) is 12.3 Å². The minimum atomic E-state index is -4.38. The maximum absolute atomic E-state index is 12.6. The molecule has 1 N–H and O–H groups in total. The molecule has 0 saturated heterocycles. The Hall–Kier alpha value is -1.85. The quantitative estimate of drug-likeness (QED) is 0.824. The first-order valence-corrected chi connectivity index (χ1v) is 5.42. The highest BCUT2D eigenvalue weighted by Crippen LogP contribution is 2.30. The van der Waals surface area contributed by atoms with Crippen molar-refractivity contribution in [3.63, 3.8) is 0 Å². The molecule has 0 aliphatic carbocycles. The zero-order valence-electron chi connectivity index (χ0n) is 9.58. The number of nitrogens with one attached hydrogen (secondary N) is 1. The molecule has 3 nitrogen and oxygen atoms in total. The minimum Gasteiger partial charge on any atom is -0.273 e. The number of alkyl halides is 3. The molecular formula is C12H11F3N2O. The maximum Gasteiger partial charge on any atom is 0.416 e. The smallest absolute Gasteiger partial charge is 0.273 e. The molecule has 1 aliphatic heterocycles. The molecule has 0 spiro atoms. The van der Waals surface area contributed by atoms with Crippen molar-refractivity contribution in [3.05, 3.63) is 35.4 Å². The van der Waals surface area contributed by atoms with E-state index in [2.05, 4.69) is 10.5 Å². The molecule has 1 heterocycles. The molecule has 96 valence electrons. The fourth-order valence-corrected chi connectivity index (χ4v) is 1.86. The number of carbonyl (C=O) groups is 1. The Bertz CT molecular complexity index is 508. The van der Waals surface area contributed by atoms with Crippen molar-refractivity contribution in [1.82, 2.24) is 5.43 Å². The van der Waals surface area contributed by atoms with E-state index < -0.39 is 11.7 Å². The molecule has 2 rings (SSSR count). The number of halogens is 3. The number of rotatable bonds is 1. The van der Waals surface area contributed by atoms with Crippen LogP contribution in [0.25, 0.3) is 0 Å². The molecule has 1 atom stereocenters. The molecule has 1 aliphatic rings. The van der Waals surface area contributed by atoms with Crippen molar-refractivity contribution in [3.8, 4) is 0 Å². The third-order valence-electron chi connectivity index (χ3n) is 2.75. The maximum atomic E-state index is 12.6. The first kappa shape index (κ1) is 12.6. The molecule has 0 aromatic heterocycles. The van der Waals surface area contributed by atoms with Crippen LogP contribution < -0.4 is 5.43 Å². The van der Waals surface area contributed by atoms with Crippen LogP contribution >= 0.6 is 0 Å². The van der Waals surface area contributed by atoms with Crippen molar-refractivity contribution >= 4 is 11.6 Å². The summed E-state index contributed by atoms with van der Waals surface area (Å²) >= 11 is 0. The zero-order chi connectivity index (χ0) is 13.3. The highest BCUT2D eigenvalue weighted by molar-refractivity contribution is 6.05. The summed E-state index contributed by atoms with van der Waals surface area (Å²) in [7, 11) is 0. The van der Waals surface area contributed by atoms with Gasteiger partial charge in [-0.2, -0.15) is 18.3 Å². The van der Waals surface area contributed by atoms with Crippen LogP contribution in [0.2, 0.25) is 0 Å². The summed E-state index contributed by atoms with van der Waals surface area (Å²) in [6.07, 6.45) is -4.15. The van der Waals surface area contributed by atoms with E-state index in [-0.39, 0.29) is 18.2 Å². The molecule has 0 saturated carbocycles. The summed E-state index contributed by atoms with van der Waals surface area (Å²) in [4.78, 5) is 11.1. The number of nitrogens with zero attached hydrogens (tertiary/aromatic N) is 1. The first-order chi connectivity index (χ1) is 8.38.